The number of ether oxygens (including phenoxy) is 1. The monoisotopic (exact) mass is 297 g/mol. The molecule has 1 aromatic carbocycles. The second-order valence-electron chi connectivity index (χ2n) is 5.39. The van der Waals surface area contributed by atoms with Crippen molar-refractivity contribution in [3.8, 4) is 0 Å². The molecule has 0 aromatic heterocycles. The maximum atomic E-state index is 12.3. The molecular formula is C15H23NO3S. The van der Waals surface area contributed by atoms with Crippen LogP contribution in [0.3, 0.4) is 0 Å². The molecule has 1 aliphatic carbocycles. The Bertz CT molecular complexity index is 554. The van der Waals surface area contributed by atoms with Gasteiger partial charge in [-0.1, -0.05) is 12.1 Å². The average molecular weight is 297 g/mol. The van der Waals surface area contributed by atoms with Gasteiger partial charge in [-0.05, 0) is 56.2 Å². The lowest BCUT2D eigenvalue weighted by molar-refractivity contribution is 0.194. The van der Waals surface area contributed by atoms with Crippen LogP contribution in [-0.2, 0) is 27.6 Å². The molecular weight excluding hydrogens is 274 g/mol. The van der Waals surface area contributed by atoms with E-state index in [2.05, 4.69) is 10.8 Å². The molecule has 0 heterocycles. The van der Waals surface area contributed by atoms with Gasteiger partial charge in [0.15, 0.2) is 0 Å². The molecule has 1 aliphatic rings. The van der Waals surface area contributed by atoms with Gasteiger partial charge in [0.2, 0.25) is 10.0 Å². The lowest BCUT2D eigenvalue weighted by atomic mass is 9.91. The molecule has 5 heteroatoms. The van der Waals surface area contributed by atoms with Crippen molar-refractivity contribution in [3.63, 3.8) is 0 Å². The first-order valence-corrected chi connectivity index (χ1v) is 8.70. The highest BCUT2D eigenvalue weighted by Crippen LogP contribution is 2.29. The molecule has 0 aliphatic heterocycles. The zero-order valence-corrected chi connectivity index (χ0v) is 13.0. The largest absolute Gasteiger partial charge is 0.385 e. The number of fused-ring (bicyclic) bond motifs is 1. The van der Waals surface area contributed by atoms with Gasteiger partial charge in [-0.25, -0.2) is 8.42 Å². The molecule has 112 valence electrons. The SMILES string of the molecule is COCCC(C)S(=O)(=O)Nc1cccc2c1CCCC2. The molecule has 2 rings (SSSR count). The van der Waals surface area contributed by atoms with Crippen LogP contribution in [0.25, 0.3) is 0 Å². The summed E-state index contributed by atoms with van der Waals surface area (Å²) in [6.07, 6.45) is 4.82. The van der Waals surface area contributed by atoms with Gasteiger partial charge in [0.1, 0.15) is 0 Å². The van der Waals surface area contributed by atoms with Gasteiger partial charge in [0.25, 0.3) is 0 Å². The van der Waals surface area contributed by atoms with Crippen molar-refractivity contribution in [1.82, 2.24) is 0 Å². The highest BCUT2D eigenvalue weighted by molar-refractivity contribution is 7.93. The van der Waals surface area contributed by atoms with Gasteiger partial charge in [0.05, 0.1) is 10.9 Å². The summed E-state index contributed by atoms with van der Waals surface area (Å²) in [5, 5.41) is -0.457. The van der Waals surface area contributed by atoms with Crippen LogP contribution in [0.5, 0.6) is 0 Å². The summed E-state index contributed by atoms with van der Waals surface area (Å²) >= 11 is 0. The summed E-state index contributed by atoms with van der Waals surface area (Å²) in [6.45, 7) is 2.17. The molecule has 20 heavy (non-hydrogen) atoms. The summed E-state index contributed by atoms with van der Waals surface area (Å²) in [5.74, 6) is 0. The zero-order chi connectivity index (χ0) is 14.6. The van der Waals surface area contributed by atoms with Gasteiger partial charge in [0, 0.05) is 13.7 Å². The number of rotatable bonds is 6. The van der Waals surface area contributed by atoms with E-state index in [1.165, 1.54) is 17.5 Å². The predicted molar refractivity (Wildman–Crippen MR) is 81.6 cm³/mol. The van der Waals surface area contributed by atoms with Gasteiger partial charge < -0.3 is 4.74 Å². The van der Waals surface area contributed by atoms with Crippen LogP contribution in [0.15, 0.2) is 18.2 Å². The van der Waals surface area contributed by atoms with E-state index < -0.39 is 15.3 Å². The minimum atomic E-state index is -3.35. The Kier molecular flexibility index (Phi) is 5.05. The first kappa shape index (κ1) is 15.3. The standard InChI is InChI=1S/C15H23NO3S/c1-12(10-11-19-2)20(17,18)16-15-9-5-7-13-6-3-4-8-14(13)15/h5,7,9,12,16H,3-4,6,8,10-11H2,1-2H3. The molecule has 0 spiro atoms. The van der Waals surface area contributed by atoms with E-state index in [0.29, 0.717) is 13.0 Å². The molecule has 0 saturated heterocycles. The number of anilines is 1. The van der Waals surface area contributed by atoms with Crippen LogP contribution in [0, 0.1) is 0 Å². The van der Waals surface area contributed by atoms with E-state index >= 15 is 0 Å². The third-order valence-electron chi connectivity index (χ3n) is 3.91. The van der Waals surface area contributed by atoms with Crippen molar-refractivity contribution in [1.29, 1.82) is 0 Å². The zero-order valence-electron chi connectivity index (χ0n) is 12.2. The van der Waals surface area contributed by atoms with E-state index in [4.69, 9.17) is 4.74 Å². The molecule has 1 N–H and O–H groups in total. The van der Waals surface area contributed by atoms with Crippen LogP contribution in [0.1, 0.15) is 37.3 Å². The van der Waals surface area contributed by atoms with Gasteiger partial charge in [-0.3, -0.25) is 4.72 Å². The number of benzene rings is 1. The molecule has 0 bridgehead atoms. The topological polar surface area (TPSA) is 55.4 Å². The van der Waals surface area contributed by atoms with E-state index in [0.717, 1.165) is 24.9 Å². The summed E-state index contributed by atoms with van der Waals surface area (Å²) in [7, 11) is -1.77. The minimum Gasteiger partial charge on any atom is -0.385 e. The van der Waals surface area contributed by atoms with Crippen LogP contribution in [-0.4, -0.2) is 27.4 Å². The van der Waals surface area contributed by atoms with E-state index in [9.17, 15) is 8.42 Å². The van der Waals surface area contributed by atoms with Crippen molar-refractivity contribution in [2.45, 2.75) is 44.3 Å². The quantitative estimate of drug-likeness (QED) is 0.878. The second kappa shape index (κ2) is 6.59. The van der Waals surface area contributed by atoms with Crippen LogP contribution in [0.2, 0.25) is 0 Å². The van der Waals surface area contributed by atoms with Crippen molar-refractivity contribution in [2.75, 3.05) is 18.4 Å². The minimum absolute atomic E-state index is 0.453. The van der Waals surface area contributed by atoms with Crippen molar-refractivity contribution >= 4 is 15.7 Å². The fourth-order valence-electron chi connectivity index (χ4n) is 2.57. The fraction of sp³-hybridized carbons (Fsp3) is 0.600. The highest BCUT2D eigenvalue weighted by Gasteiger charge is 2.22. The lowest BCUT2D eigenvalue weighted by Crippen LogP contribution is -2.27. The Hall–Kier alpha value is -1.07. The van der Waals surface area contributed by atoms with Crippen molar-refractivity contribution < 1.29 is 13.2 Å². The molecule has 4 nitrogen and oxygen atoms in total. The molecule has 0 fully saturated rings. The smallest absolute Gasteiger partial charge is 0.235 e. The Balaban J connectivity index is 2.17. The molecule has 0 radical (unpaired) electrons. The fourth-order valence-corrected chi connectivity index (χ4v) is 3.68. The highest BCUT2D eigenvalue weighted by atomic mass is 32.2. The molecule has 0 saturated carbocycles. The summed E-state index contributed by atoms with van der Waals surface area (Å²) in [4.78, 5) is 0. The molecule has 1 unspecified atom stereocenters. The predicted octanol–water partition coefficient (Wildman–Crippen LogP) is 2.73. The molecule has 1 aromatic rings. The third-order valence-corrected chi connectivity index (χ3v) is 5.71. The summed E-state index contributed by atoms with van der Waals surface area (Å²) < 4.78 is 32.4. The van der Waals surface area contributed by atoms with Gasteiger partial charge >= 0.3 is 0 Å². The number of nitrogens with one attached hydrogen (secondary N) is 1. The Morgan fingerprint density at radius 2 is 2.05 bits per heavy atom. The first-order chi connectivity index (χ1) is 9.54. The number of methoxy groups -OCH3 is 1. The Labute approximate surface area is 121 Å². The van der Waals surface area contributed by atoms with Crippen molar-refractivity contribution in [3.05, 3.63) is 29.3 Å². The van der Waals surface area contributed by atoms with Crippen molar-refractivity contribution in [2.24, 2.45) is 0 Å². The van der Waals surface area contributed by atoms with Crippen LogP contribution >= 0.6 is 0 Å². The Morgan fingerprint density at radius 3 is 2.80 bits per heavy atom. The van der Waals surface area contributed by atoms with E-state index in [-0.39, 0.29) is 0 Å². The second-order valence-corrected chi connectivity index (χ2v) is 7.49. The average Bonchev–Trinajstić information content (AvgIpc) is 2.44. The number of hydrogen-bond donors (Lipinski definition) is 1. The third kappa shape index (κ3) is 3.52. The van der Waals surface area contributed by atoms with Gasteiger partial charge in [-0.2, -0.15) is 0 Å². The number of hydrogen-bond acceptors (Lipinski definition) is 3. The summed E-state index contributed by atoms with van der Waals surface area (Å²) in [6, 6.07) is 5.90. The maximum Gasteiger partial charge on any atom is 0.235 e. The molecule has 1 atom stereocenters. The van der Waals surface area contributed by atoms with Gasteiger partial charge in [-0.15, -0.1) is 0 Å². The maximum absolute atomic E-state index is 12.3. The first-order valence-electron chi connectivity index (χ1n) is 7.16. The Morgan fingerprint density at radius 1 is 1.30 bits per heavy atom. The van der Waals surface area contributed by atoms with E-state index in [1.807, 2.05) is 12.1 Å². The normalized spacial score (nSPS) is 16.5. The number of sulfonamides is 1. The summed E-state index contributed by atoms with van der Waals surface area (Å²) in [5.41, 5.74) is 3.20. The van der Waals surface area contributed by atoms with E-state index in [1.54, 1.807) is 14.0 Å². The van der Waals surface area contributed by atoms with Crippen LogP contribution < -0.4 is 4.72 Å². The molecule has 0 amide bonds. The van der Waals surface area contributed by atoms with Crippen LogP contribution in [0.4, 0.5) is 5.69 Å². The lowest BCUT2D eigenvalue weighted by Gasteiger charge is -2.21. The number of aryl methyl sites for hydroxylation is 1.